The molecule has 0 N–H and O–H groups in total. The van der Waals surface area contributed by atoms with Gasteiger partial charge in [0, 0.05) is 12.1 Å². The fraction of sp³-hybridized carbons (Fsp3) is 0.381. The molecule has 0 bridgehead atoms. The van der Waals surface area contributed by atoms with Crippen molar-refractivity contribution < 1.29 is 23.7 Å². The van der Waals surface area contributed by atoms with Crippen molar-refractivity contribution >= 4 is 5.91 Å². The van der Waals surface area contributed by atoms with Gasteiger partial charge >= 0.3 is 0 Å². The standard InChI is InChI=1S/C21H25NO5/c1-24-18-12-15(13-19(25-2)20(18)26-3)21(23)22-11-7-10-17(14-22)27-16-8-5-4-6-9-16/h4-6,8-9,12-13,17H,7,10-11,14H2,1-3H3. The summed E-state index contributed by atoms with van der Waals surface area (Å²) in [5, 5.41) is 0. The van der Waals surface area contributed by atoms with E-state index in [9.17, 15) is 4.79 Å². The monoisotopic (exact) mass is 371 g/mol. The summed E-state index contributed by atoms with van der Waals surface area (Å²) in [4.78, 5) is 14.9. The first kappa shape index (κ1) is 18.9. The number of rotatable bonds is 6. The number of hydrogen-bond acceptors (Lipinski definition) is 5. The van der Waals surface area contributed by atoms with E-state index < -0.39 is 0 Å². The summed E-state index contributed by atoms with van der Waals surface area (Å²) >= 11 is 0. The minimum Gasteiger partial charge on any atom is -0.493 e. The summed E-state index contributed by atoms with van der Waals surface area (Å²) in [6.45, 7) is 1.24. The normalized spacial score (nSPS) is 16.6. The zero-order valence-corrected chi connectivity index (χ0v) is 15.9. The second-order valence-electron chi connectivity index (χ2n) is 6.36. The molecule has 1 unspecified atom stereocenters. The number of ether oxygens (including phenoxy) is 4. The predicted molar refractivity (Wildman–Crippen MR) is 102 cm³/mol. The molecular formula is C21H25NO5. The van der Waals surface area contributed by atoms with Crippen molar-refractivity contribution in [2.24, 2.45) is 0 Å². The number of para-hydroxylation sites is 1. The van der Waals surface area contributed by atoms with Crippen LogP contribution in [-0.2, 0) is 0 Å². The Bertz CT molecular complexity index is 752. The lowest BCUT2D eigenvalue weighted by atomic mass is 10.1. The first-order chi connectivity index (χ1) is 13.2. The summed E-state index contributed by atoms with van der Waals surface area (Å²) in [6, 6.07) is 13.1. The maximum atomic E-state index is 13.1. The third kappa shape index (κ3) is 4.27. The Hall–Kier alpha value is -2.89. The highest BCUT2D eigenvalue weighted by atomic mass is 16.5. The van der Waals surface area contributed by atoms with Crippen LogP contribution in [0, 0.1) is 0 Å². The molecule has 27 heavy (non-hydrogen) atoms. The number of carbonyl (C=O) groups excluding carboxylic acids is 1. The molecule has 144 valence electrons. The molecule has 1 fully saturated rings. The van der Waals surface area contributed by atoms with Crippen LogP contribution in [0.1, 0.15) is 23.2 Å². The quantitative estimate of drug-likeness (QED) is 0.779. The first-order valence-electron chi connectivity index (χ1n) is 8.97. The van der Waals surface area contributed by atoms with Crippen molar-refractivity contribution in [2.75, 3.05) is 34.4 Å². The molecule has 6 heteroatoms. The Morgan fingerprint density at radius 3 is 2.26 bits per heavy atom. The summed E-state index contributed by atoms with van der Waals surface area (Å²) in [5.41, 5.74) is 0.505. The number of piperidine rings is 1. The van der Waals surface area contributed by atoms with Crippen LogP contribution in [0.2, 0.25) is 0 Å². The number of carbonyl (C=O) groups is 1. The molecule has 0 radical (unpaired) electrons. The summed E-state index contributed by atoms with van der Waals surface area (Å²) in [7, 11) is 4.62. The predicted octanol–water partition coefficient (Wildman–Crippen LogP) is 3.40. The van der Waals surface area contributed by atoms with Crippen LogP contribution in [-0.4, -0.2) is 51.3 Å². The van der Waals surface area contributed by atoms with E-state index in [2.05, 4.69) is 0 Å². The molecular weight excluding hydrogens is 346 g/mol. The Labute approximate surface area is 159 Å². The van der Waals surface area contributed by atoms with Gasteiger partial charge < -0.3 is 23.8 Å². The molecule has 1 amide bonds. The third-order valence-electron chi connectivity index (χ3n) is 4.62. The molecule has 0 spiro atoms. The molecule has 2 aromatic rings. The van der Waals surface area contributed by atoms with E-state index in [1.165, 1.54) is 21.3 Å². The minimum atomic E-state index is -0.0735. The van der Waals surface area contributed by atoms with Gasteiger partial charge in [-0.3, -0.25) is 4.79 Å². The second kappa shape index (κ2) is 8.66. The largest absolute Gasteiger partial charge is 0.493 e. The van der Waals surface area contributed by atoms with E-state index in [1.807, 2.05) is 35.2 Å². The van der Waals surface area contributed by atoms with Gasteiger partial charge in [-0.1, -0.05) is 18.2 Å². The molecule has 0 saturated carbocycles. The molecule has 0 aliphatic carbocycles. The van der Waals surface area contributed by atoms with Crippen LogP contribution in [0.5, 0.6) is 23.0 Å². The summed E-state index contributed by atoms with van der Waals surface area (Å²) in [6.07, 6.45) is 1.80. The van der Waals surface area contributed by atoms with Crippen molar-refractivity contribution in [3.8, 4) is 23.0 Å². The van der Waals surface area contributed by atoms with E-state index in [4.69, 9.17) is 18.9 Å². The molecule has 1 aliphatic heterocycles. The van der Waals surface area contributed by atoms with Crippen molar-refractivity contribution in [2.45, 2.75) is 18.9 Å². The van der Waals surface area contributed by atoms with Crippen LogP contribution >= 0.6 is 0 Å². The van der Waals surface area contributed by atoms with E-state index in [-0.39, 0.29) is 12.0 Å². The highest BCUT2D eigenvalue weighted by Crippen LogP contribution is 2.38. The van der Waals surface area contributed by atoms with Crippen LogP contribution in [0.3, 0.4) is 0 Å². The number of hydrogen-bond donors (Lipinski definition) is 0. The number of benzene rings is 2. The lowest BCUT2D eigenvalue weighted by Gasteiger charge is -2.33. The maximum absolute atomic E-state index is 13.1. The highest BCUT2D eigenvalue weighted by Gasteiger charge is 2.27. The second-order valence-corrected chi connectivity index (χ2v) is 6.36. The Morgan fingerprint density at radius 2 is 1.67 bits per heavy atom. The van der Waals surface area contributed by atoms with Gasteiger partial charge in [-0.05, 0) is 37.1 Å². The minimum absolute atomic E-state index is 0.0212. The van der Waals surface area contributed by atoms with Crippen molar-refractivity contribution in [3.63, 3.8) is 0 Å². The summed E-state index contributed by atoms with van der Waals surface area (Å²) in [5.74, 6) is 2.16. The van der Waals surface area contributed by atoms with Gasteiger partial charge in [0.15, 0.2) is 11.5 Å². The van der Waals surface area contributed by atoms with Crippen LogP contribution in [0.4, 0.5) is 0 Å². The molecule has 2 aromatic carbocycles. The van der Waals surface area contributed by atoms with Crippen molar-refractivity contribution in [3.05, 3.63) is 48.0 Å². The van der Waals surface area contributed by atoms with Gasteiger partial charge in [0.1, 0.15) is 11.9 Å². The summed E-state index contributed by atoms with van der Waals surface area (Å²) < 4.78 is 22.1. The molecule has 0 aromatic heterocycles. The van der Waals surface area contributed by atoms with Crippen LogP contribution < -0.4 is 18.9 Å². The number of nitrogens with zero attached hydrogens (tertiary/aromatic N) is 1. The number of likely N-dealkylation sites (tertiary alicyclic amines) is 1. The topological polar surface area (TPSA) is 57.2 Å². The maximum Gasteiger partial charge on any atom is 0.254 e. The van der Waals surface area contributed by atoms with Crippen molar-refractivity contribution in [1.29, 1.82) is 0 Å². The zero-order chi connectivity index (χ0) is 19.2. The van der Waals surface area contributed by atoms with Gasteiger partial charge in [-0.2, -0.15) is 0 Å². The number of methoxy groups -OCH3 is 3. The van der Waals surface area contributed by atoms with Gasteiger partial charge in [-0.25, -0.2) is 0 Å². The van der Waals surface area contributed by atoms with Gasteiger partial charge in [0.25, 0.3) is 5.91 Å². The van der Waals surface area contributed by atoms with E-state index in [0.29, 0.717) is 35.9 Å². The zero-order valence-electron chi connectivity index (χ0n) is 15.9. The molecule has 1 aliphatic rings. The lowest BCUT2D eigenvalue weighted by Crippen LogP contribution is -2.44. The molecule has 1 heterocycles. The highest BCUT2D eigenvalue weighted by molar-refractivity contribution is 5.95. The Balaban J connectivity index is 1.76. The fourth-order valence-electron chi connectivity index (χ4n) is 3.30. The van der Waals surface area contributed by atoms with Gasteiger partial charge in [-0.15, -0.1) is 0 Å². The van der Waals surface area contributed by atoms with Crippen molar-refractivity contribution in [1.82, 2.24) is 4.90 Å². The van der Waals surface area contributed by atoms with Gasteiger partial charge in [0.2, 0.25) is 5.75 Å². The van der Waals surface area contributed by atoms with Crippen LogP contribution in [0.25, 0.3) is 0 Å². The molecule has 3 rings (SSSR count). The van der Waals surface area contributed by atoms with E-state index >= 15 is 0 Å². The average molecular weight is 371 g/mol. The first-order valence-corrected chi connectivity index (χ1v) is 8.97. The number of amides is 1. The fourth-order valence-corrected chi connectivity index (χ4v) is 3.30. The third-order valence-corrected chi connectivity index (χ3v) is 4.62. The smallest absolute Gasteiger partial charge is 0.254 e. The van der Waals surface area contributed by atoms with Gasteiger partial charge in [0.05, 0.1) is 27.9 Å². The Kier molecular flexibility index (Phi) is 6.06. The molecule has 6 nitrogen and oxygen atoms in total. The Morgan fingerprint density at radius 1 is 1.00 bits per heavy atom. The van der Waals surface area contributed by atoms with Crippen LogP contribution in [0.15, 0.2) is 42.5 Å². The van der Waals surface area contributed by atoms with E-state index in [1.54, 1.807) is 12.1 Å². The van der Waals surface area contributed by atoms with E-state index in [0.717, 1.165) is 18.6 Å². The SMILES string of the molecule is COc1cc(C(=O)N2CCCC(Oc3ccccc3)C2)cc(OC)c1OC. The lowest BCUT2D eigenvalue weighted by molar-refractivity contribution is 0.0537. The molecule has 1 atom stereocenters. The molecule has 1 saturated heterocycles. The average Bonchev–Trinajstić information content (AvgIpc) is 2.73.